The van der Waals surface area contributed by atoms with E-state index in [2.05, 4.69) is 25.5 Å². The van der Waals surface area contributed by atoms with E-state index in [1.165, 1.54) is 0 Å². The molecule has 0 radical (unpaired) electrons. The summed E-state index contributed by atoms with van der Waals surface area (Å²) >= 11 is 0. The molecule has 0 amide bonds. The summed E-state index contributed by atoms with van der Waals surface area (Å²) in [5, 5.41) is 27.5. The Morgan fingerprint density at radius 1 is 1.12 bits per heavy atom. The van der Waals surface area contributed by atoms with E-state index in [0.29, 0.717) is 17.3 Å². The number of fused-ring (bicyclic) bond motifs is 3. The van der Waals surface area contributed by atoms with Gasteiger partial charge in [0, 0.05) is 43.0 Å². The number of halogens is 1. The van der Waals surface area contributed by atoms with Crippen molar-refractivity contribution in [3.63, 3.8) is 0 Å². The number of aryl methyl sites for hydroxylation is 2. The predicted molar refractivity (Wildman–Crippen MR) is 125 cm³/mol. The van der Waals surface area contributed by atoms with E-state index in [0.717, 1.165) is 67.6 Å². The third-order valence-electron chi connectivity index (χ3n) is 7.48. The van der Waals surface area contributed by atoms with Crippen molar-refractivity contribution in [3.05, 3.63) is 42.2 Å². The Hall–Kier alpha value is -3.00. The standard InChI is InChI=1S/C25H29FN6O/c1-31-14-17(13-27-31)15-7-8-19(23(33)11-15)21-10-16-4-3-9-32(25(16)30-29-21)22-12-18-5-2-6-20(28-18)24(22)26/h7-8,10-11,13-14,18,20,22,24,28,33H,2-6,9,12H2,1H3/t18-,20+,22-,24+/m1/s1. The fourth-order valence-electron chi connectivity index (χ4n) is 5.83. The number of anilines is 1. The van der Waals surface area contributed by atoms with Crippen molar-refractivity contribution in [3.8, 4) is 28.1 Å². The maximum Gasteiger partial charge on any atom is 0.154 e. The molecular weight excluding hydrogens is 419 g/mol. The number of rotatable bonds is 3. The minimum absolute atomic E-state index is 0.0459. The number of nitrogens with one attached hydrogen (secondary N) is 1. The van der Waals surface area contributed by atoms with Crippen LogP contribution in [0.3, 0.4) is 0 Å². The number of nitrogens with zero attached hydrogens (tertiary/aromatic N) is 5. The Balaban J connectivity index is 1.29. The predicted octanol–water partition coefficient (Wildman–Crippen LogP) is 3.62. The minimum Gasteiger partial charge on any atom is -0.507 e. The molecule has 2 aromatic heterocycles. The molecule has 3 aliphatic rings. The summed E-state index contributed by atoms with van der Waals surface area (Å²) in [6, 6.07) is 7.79. The van der Waals surface area contributed by atoms with Gasteiger partial charge in [0.1, 0.15) is 11.9 Å². The summed E-state index contributed by atoms with van der Waals surface area (Å²) in [5.74, 6) is 0.970. The third kappa shape index (κ3) is 3.66. The second-order valence-corrected chi connectivity index (χ2v) is 9.66. The first-order chi connectivity index (χ1) is 16.1. The molecule has 0 spiro atoms. The van der Waals surface area contributed by atoms with E-state index in [-0.39, 0.29) is 17.8 Å². The highest BCUT2D eigenvalue weighted by Crippen LogP contribution is 2.38. The van der Waals surface area contributed by atoms with Gasteiger partial charge in [0.2, 0.25) is 0 Å². The molecule has 8 heteroatoms. The quantitative estimate of drug-likeness (QED) is 0.637. The first-order valence-electron chi connectivity index (χ1n) is 11.9. The number of phenolic OH excluding ortho intramolecular Hbond substituents is 1. The summed E-state index contributed by atoms with van der Waals surface area (Å²) in [4.78, 5) is 2.16. The van der Waals surface area contributed by atoms with E-state index in [4.69, 9.17) is 0 Å². The summed E-state index contributed by atoms with van der Waals surface area (Å²) in [6.45, 7) is 0.816. The lowest BCUT2D eigenvalue weighted by Gasteiger charge is -2.48. The van der Waals surface area contributed by atoms with Crippen LogP contribution in [-0.2, 0) is 13.5 Å². The molecule has 6 rings (SSSR count). The smallest absolute Gasteiger partial charge is 0.154 e. The fourth-order valence-corrected chi connectivity index (χ4v) is 5.83. The van der Waals surface area contributed by atoms with Crippen LogP contribution < -0.4 is 10.2 Å². The van der Waals surface area contributed by atoms with Gasteiger partial charge in [-0.15, -0.1) is 10.2 Å². The molecule has 7 nitrogen and oxygen atoms in total. The van der Waals surface area contributed by atoms with Gasteiger partial charge in [0.05, 0.1) is 17.9 Å². The molecular formula is C25H29FN6O. The lowest BCUT2D eigenvalue weighted by Crippen LogP contribution is -2.62. The maximum atomic E-state index is 15.4. The lowest BCUT2D eigenvalue weighted by molar-refractivity contribution is 0.104. The largest absolute Gasteiger partial charge is 0.507 e. The van der Waals surface area contributed by atoms with E-state index in [1.54, 1.807) is 16.9 Å². The molecule has 3 aliphatic heterocycles. The van der Waals surface area contributed by atoms with Gasteiger partial charge in [0.15, 0.2) is 5.82 Å². The lowest BCUT2D eigenvalue weighted by atomic mass is 9.81. The van der Waals surface area contributed by atoms with Gasteiger partial charge < -0.3 is 15.3 Å². The Morgan fingerprint density at radius 2 is 2.03 bits per heavy atom. The minimum atomic E-state index is -0.891. The maximum absolute atomic E-state index is 15.4. The zero-order valence-electron chi connectivity index (χ0n) is 18.8. The Morgan fingerprint density at radius 3 is 2.85 bits per heavy atom. The first kappa shape index (κ1) is 20.6. The third-order valence-corrected chi connectivity index (χ3v) is 7.48. The van der Waals surface area contributed by atoms with Gasteiger partial charge in [-0.1, -0.05) is 12.5 Å². The van der Waals surface area contributed by atoms with Gasteiger partial charge in [-0.3, -0.25) is 4.68 Å². The molecule has 1 aromatic carbocycles. The topological polar surface area (TPSA) is 79.1 Å². The highest BCUT2D eigenvalue weighted by atomic mass is 19.1. The average Bonchev–Trinajstić information content (AvgIpc) is 3.27. The van der Waals surface area contributed by atoms with Gasteiger partial charge in [-0.25, -0.2) is 4.39 Å². The molecule has 5 heterocycles. The molecule has 2 saturated heterocycles. The number of hydrogen-bond donors (Lipinski definition) is 2. The van der Waals surface area contributed by atoms with Crippen LogP contribution in [0.5, 0.6) is 5.75 Å². The number of alkyl halides is 1. The molecule has 4 atom stereocenters. The highest BCUT2D eigenvalue weighted by Gasteiger charge is 2.43. The summed E-state index contributed by atoms with van der Waals surface area (Å²) < 4.78 is 17.1. The van der Waals surface area contributed by atoms with Crippen molar-refractivity contribution in [2.75, 3.05) is 11.4 Å². The van der Waals surface area contributed by atoms with Crippen molar-refractivity contribution in [1.82, 2.24) is 25.3 Å². The Labute approximate surface area is 192 Å². The second kappa shape index (κ2) is 8.09. The van der Waals surface area contributed by atoms with Gasteiger partial charge >= 0.3 is 0 Å². The molecule has 172 valence electrons. The molecule has 0 unspecified atom stereocenters. The van der Waals surface area contributed by atoms with Gasteiger partial charge in [-0.05, 0) is 61.4 Å². The zero-order valence-corrected chi connectivity index (χ0v) is 18.8. The van der Waals surface area contributed by atoms with Crippen molar-refractivity contribution in [2.45, 2.75) is 62.8 Å². The van der Waals surface area contributed by atoms with Crippen LogP contribution in [0.25, 0.3) is 22.4 Å². The summed E-state index contributed by atoms with van der Waals surface area (Å²) in [6.07, 6.45) is 8.61. The van der Waals surface area contributed by atoms with Gasteiger partial charge in [0.25, 0.3) is 0 Å². The van der Waals surface area contributed by atoms with Crippen LogP contribution in [0, 0.1) is 0 Å². The van der Waals surface area contributed by atoms with Gasteiger partial charge in [-0.2, -0.15) is 5.10 Å². The van der Waals surface area contributed by atoms with E-state index in [9.17, 15) is 5.11 Å². The number of aromatic nitrogens is 4. The number of benzene rings is 1. The first-order valence-corrected chi connectivity index (χ1v) is 11.9. The molecule has 2 bridgehead atoms. The van der Waals surface area contributed by atoms with E-state index >= 15 is 4.39 Å². The number of phenols is 1. The Kier molecular flexibility index (Phi) is 5.05. The van der Waals surface area contributed by atoms with Crippen molar-refractivity contribution >= 4 is 5.82 Å². The molecule has 3 aromatic rings. The number of hydrogen-bond acceptors (Lipinski definition) is 6. The molecule has 2 N–H and O–H groups in total. The molecule has 0 saturated carbocycles. The van der Waals surface area contributed by atoms with Crippen molar-refractivity contribution in [2.24, 2.45) is 7.05 Å². The van der Waals surface area contributed by atoms with Crippen LogP contribution >= 0.6 is 0 Å². The SMILES string of the molecule is Cn1cc(-c2ccc(-c3cc4c(nn3)N([C@@H]3C[C@H]5CCC[C@H](N5)[C@@H]3F)CCC4)c(O)c2)cn1. The van der Waals surface area contributed by atoms with Crippen LogP contribution in [-0.4, -0.2) is 55.9 Å². The monoisotopic (exact) mass is 448 g/mol. The summed E-state index contributed by atoms with van der Waals surface area (Å²) in [5.41, 5.74) is 4.21. The van der Waals surface area contributed by atoms with Crippen molar-refractivity contribution in [1.29, 1.82) is 0 Å². The van der Waals surface area contributed by atoms with Crippen LogP contribution in [0.2, 0.25) is 0 Å². The average molecular weight is 449 g/mol. The zero-order chi connectivity index (χ0) is 22.5. The van der Waals surface area contributed by atoms with Crippen LogP contribution in [0.1, 0.15) is 37.7 Å². The van der Waals surface area contributed by atoms with Crippen molar-refractivity contribution < 1.29 is 9.50 Å². The van der Waals surface area contributed by atoms with Crippen LogP contribution in [0.15, 0.2) is 36.7 Å². The number of piperidine rings is 2. The molecule has 2 fully saturated rings. The normalized spacial score (nSPS) is 26.8. The number of aromatic hydroxyl groups is 1. The van der Waals surface area contributed by atoms with E-state index < -0.39 is 6.17 Å². The van der Waals surface area contributed by atoms with E-state index in [1.807, 2.05) is 31.4 Å². The Bertz CT molecular complexity index is 1180. The molecule has 33 heavy (non-hydrogen) atoms. The highest BCUT2D eigenvalue weighted by molar-refractivity contribution is 5.74. The molecule has 0 aliphatic carbocycles. The second-order valence-electron chi connectivity index (χ2n) is 9.66. The summed E-state index contributed by atoms with van der Waals surface area (Å²) in [7, 11) is 1.87. The van der Waals surface area contributed by atoms with Crippen LogP contribution in [0.4, 0.5) is 10.2 Å². The fraction of sp³-hybridized carbons (Fsp3) is 0.480.